The predicted molar refractivity (Wildman–Crippen MR) is 144 cm³/mol. The number of pyridine rings is 1. The van der Waals surface area contributed by atoms with Crippen LogP contribution in [0.3, 0.4) is 0 Å². The third-order valence-corrected chi connectivity index (χ3v) is 7.95. The molecule has 194 valence electrons. The number of aromatic nitrogens is 5. The molecule has 0 spiro atoms. The number of carbonyl (C=O) groups excluding carboxylic acids is 1. The molecule has 0 saturated carbocycles. The van der Waals surface area contributed by atoms with Gasteiger partial charge >= 0.3 is 0 Å². The summed E-state index contributed by atoms with van der Waals surface area (Å²) in [6.07, 6.45) is 7.14. The molecule has 11 heteroatoms. The zero-order valence-corrected chi connectivity index (χ0v) is 21.4. The number of hydrogen-bond donors (Lipinski definition) is 2. The van der Waals surface area contributed by atoms with Crippen molar-refractivity contribution in [1.82, 2.24) is 20.2 Å². The molecule has 1 atom stereocenters. The van der Waals surface area contributed by atoms with Crippen molar-refractivity contribution in [3.05, 3.63) is 93.8 Å². The number of nitrogens with one attached hydrogen (secondary N) is 1. The van der Waals surface area contributed by atoms with Gasteiger partial charge < -0.3 is 15.6 Å². The number of aliphatic imine (C=N–C) groups is 1. The van der Waals surface area contributed by atoms with Crippen molar-refractivity contribution in [2.24, 2.45) is 4.99 Å². The molecule has 1 unspecified atom stereocenters. The molecule has 1 aliphatic carbocycles. The first-order valence-electron chi connectivity index (χ1n) is 12.6. The highest BCUT2D eigenvalue weighted by molar-refractivity contribution is 6.31. The molecule has 3 aliphatic rings. The van der Waals surface area contributed by atoms with Crippen molar-refractivity contribution >= 4 is 34.5 Å². The van der Waals surface area contributed by atoms with E-state index in [1.54, 1.807) is 24.4 Å². The van der Waals surface area contributed by atoms with E-state index in [1.165, 1.54) is 17.2 Å². The number of tetrazole rings is 1. The van der Waals surface area contributed by atoms with E-state index < -0.39 is 5.60 Å². The summed E-state index contributed by atoms with van der Waals surface area (Å²) in [5, 5.41) is 40.1. The van der Waals surface area contributed by atoms with Gasteiger partial charge in [0, 0.05) is 46.4 Å². The summed E-state index contributed by atoms with van der Waals surface area (Å²) >= 11 is 6.30. The maximum Gasteiger partial charge on any atom is 0.233 e. The van der Waals surface area contributed by atoms with Gasteiger partial charge in [0.15, 0.2) is 11.8 Å². The van der Waals surface area contributed by atoms with E-state index in [0.29, 0.717) is 58.9 Å². The van der Waals surface area contributed by atoms with Crippen LogP contribution in [0.25, 0.3) is 22.4 Å². The minimum absolute atomic E-state index is 0.0103. The maximum absolute atomic E-state index is 13.5. The van der Waals surface area contributed by atoms with Crippen LogP contribution in [0.4, 0.5) is 5.69 Å². The predicted octanol–water partition coefficient (Wildman–Crippen LogP) is 3.52. The minimum atomic E-state index is -1.48. The highest BCUT2D eigenvalue weighted by atomic mass is 35.5. The molecule has 4 heterocycles. The second-order valence-corrected chi connectivity index (χ2v) is 10.5. The molecular formula is C28H22ClN7O3. The van der Waals surface area contributed by atoms with Gasteiger partial charge in [0.05, 0.1) is 11.4 Å². The molecule has 2 aromatic carbocycles. The Labute approximate surface area is 227 Å². The van der Waals surface area contributed by atoms with E-state index in [9.17, 15) is 15.1 Å². The second kappa shape index (κ2) is 8.82. The smallest absolute Gasteiger partial charge is 0.233 e. The average molecular weight is 540 g/mol. The van der Waals surface area contributed by atoms with E-state index in [2.05, 4.69) is 25.8 Å². The number of fused-ring (bicyclic) bond motifs is 2. The monoisotopic (exact) mass is 539 g/mol. The minimum Gasteiger partial charge on any atom is -0.618 e. The highest BCUT2D eigenvalue weighted by Crippen LogP contribution is 2.42. The van der Waals surface area contributed by atoms with Gasteiger partial charge in [0.25, 0.3) is 0 Å². The molecule has 0 fully saturated rings. The van der Waals surface area contributed by atoms with Crippen molar-refractivity contribution in [3.63, 3.8) is 0 Å². The van der Waals surface area contributed by atoms with Crippen LogP contribution in [0.15, 0.2) is 66.2 Å². The van der Waals surface area contributed by atoms with Gasteiger partial charge in [-0.2, -0.15) is 9.41 Å². The lowest BCUT2D eigenvalue weighted by atomic mass is 9.88. The van der Waals surface area contributed by atoms with Gasteiger partial charge in [-0.1, -0.05) is 23.7 Å². The van der Waals surface area contributed by atoms with Gasteiger partial charge in [0.2, 0.25) is 11.6 Å². The number of aliphatic hydroxyl groups is 1. The van der Waals surface area contributed by atoms with Crippen LogP contribution in [-0.2, 0) is 23.2 Å². The van der Waals surface area contributed by atoms with Gasteiger partial charge in [-0.3, -0.25) is 9.79 Å². The first kappa shape index (κ1) is 23.7. The Hall–Kier alpha value is -4.41. The maximum atomic E-state index is 13.5. The Morgan fingerprint density at radius 3 is 2.82 bits per heavy atom. The Morgan fingerprint density at radius 1 is 1.08 bits per heavy atom. The van der Waals surface area contributed by atoms with Gasteiger partial charge in [-0.05, 0) is 76.7 Å². The molecule has 1 amide bonds. The van der Waals surface area contributed by atoms with Crippen LogP contribution in [0, 0.1) is 5.21 Å². The Kier molecular flexibility index (Phi) is 5.36. The summed E-state index contributed by atoms with van der Waals surface area (Å²) in [7, 11) is 0. The molecule has 0 bridgehead atoms. The van der Waals surface area contributed by atoms with Crippen LogP contribution < -0.4 is 10.0 Å². The lowest BCUT2D eigenvalue weighted by molar-refractivity contribution is -0.619. The fraction of sp³-hybridized carbons (Fsp3) is 0.214. The van der Waals surface area contributed by atoms with Crippen LogP contribution in [0.1, 0.15) is 41.6 Å². The number of rotatable bonds is 4. The summed E-state index contributed by atoms with van der Waals surface area (Å²) in [5.41, 5.74) is 5.88. The van der Waals surface area contributed by atoms with Crippen LogP contribution in [0.2, 0.25) is 5.02 Å². The standard InChI is InChI=1S/C28H22ClN7O3/c29-21-4-5-24(35-15-31-33-34-35)22(12-21)20-9-18-7-8-28(38,27(18)36(39)14-20)25-11-19(13-30-25)17-2-1-16-3-6-26(37)32-23(16)10-17/h1-2,4-5,9-10,12-15,38H,3,6-8,11H2,(H,32,37). The largest absolute Gasteiger partial charge is 0.618 e. The highest BCUT2D eigenvalue weighted by Gasteiger charge is 2.49. The van der Waals surface area contributed by atoms with Gasteiger partial charge in [0.1, 0.15) is 6.33 Å². The first-order valence-corrected chi connectivity index (χ1v) is 13.0. The lowest BCUT2D eigenvalue weighted by Gasteiger charge is -2.23. The fourth-order valence-corrected chi connectivity index (χ4v) is 5.94. The molecule has 7 rings (SSSR count). The Balaban J connectivity index is 1.20. The molecule has 4 aromatic rings. The third kappa shape index (κ3) is 3.91. The molecule has 2 N–H and O–H groups in total. The topological polar surface area (TPSA) is 132 Å². The van der Waals surface area contributed by atoms with Crippen molar-refractivity contribution in [2.45, 2.75) is 37.7 Å². The van der Waals surface area contributed by atoms with E-state index in [0.717, 1.165) is 39.1 Å². The first-order chi connectivity index (χ1) is 18.9. The number of hydrogen-bond acceptors (Lipinski definition) is 7. The summed E-state index contributed by atoms with van der Waals surface area (Å²) in [4.78, 5) is 16.4. The molecule has 2 aromatic heterocycles. The summed E-state index contributed by atoms with van der Waals surface area (Å²) < 4.78 is 2.26. The van der Waals surface area contributed by atoms with Crippen molar-refractivity contribution in [1.29, 1.82) is 0 Å². The van der Waals surface area contributed by atoms with Crippen molar-refractivity contribution < 1.29 is 14.6 Å². The molecule has 0 radical (unpaired) electrons. The number of allylic oxidation sites excluding steroid dienone is 1. The Bertz CT molecular complexity index is 1730. The summed E-state index contributed by atoms with van der Waals surface area (Å²) in [6.45, 7) is 0. The van der Waals surface area contributed by atoms with E-state index in [4.69, 9.17) is 11.6 Å². The molecule has 10 nitrogen and oxygen atoms in total. The quantitative estimate of drug-likeness (QED) is 0.301. The summed E-state index contributed by atoms with van der Waals surface area (Å²) in [5.74, 6) is 0.0103. The van der Waals surface area contributed by atoms with E-state index in [-0.39, 0.29) is 5.91 Å². The molecule has 39 heavy (non-hydrogen) atoms. The summed E-state index contributed by atoms with van der Waals surface area (Å²) in [6, 6.07) is 13.2. The number of nitrogens with zero attached hydrogens (tertiary/aromatic N) is 6. The molecular weight excluding hydrogens is 518 g/mol. The average Bonchev–Trinajstić information content (AvgIpc) is 3.70. The number of aryl methyl sites for hydroxylation is 2. The molecule has 2 aliphatic heterocycles. The zero-order valence-electron chi connectivity index (χ0n) is 20.6. The third-order valence-electron chi connectivity index (χ3n) is 7.71. The van der Waals surface area contributed by atoms with Gasteiger partial charge in [-0.25, -0.2) is 0 Å². The number of carbonyl (C=O) groups is 1. The number of amides is 1. The van der Waals surface area contributed by atoms with Crippen molar-refractivity contribution in [2.75, 3.05) is 5.32 Å². The van der Waals surface area contributed by atoms with Gasteiger partial charge in [-0.15, -0.1) is 5.10 Å². The van der Waals surface area contributed by atoms with Crippen molar-refractivity contribution in [3.8, 4) is 16.8 Å². The van der Waals surface area contributed by atoms with Crippen LogP contribution in [-0.4, -0.2) is 36.9 Å². The number of halogens is 1. The number of anilines is 1. The number of benzene rings is 2. The molecule has 0 saturated heterocycles. The fourth-order valence-electron chi connectivity index (χ4n) is 5.77. The van der Waals surface area contributed by atoms with Crippen LogP contribution in [0.5, 0.6) is 0 Å². The zero-order chi connectivity index (χ0) is 26.7. The van der Waals surface area contributed by atoms with E-state index >= 15 is 0 Å². The Morgan fingerprint density at radius 2 is 1.97 bits per heavy atom. The lowest BCUT2D eigenvalue weighted by Crippen LogP contribution is -2.45. The van der Waals surface area contributed by atoms with Crippen LogP contribution >= 0.6 is 11.6 Å². The normalized spacial score (nSPS) is 19.8. The van der Waals surface area contributed by atoms with E-state index in [1.807, 2.05) is 24.3 Å². The second-order valence-electron chi connectivity index (χ2n) is 10.0. The SMILES string of the molecule is O=C1CCc2ccc(C3=CN=C(C4(O)CCc5cc(-c6cc(Cl)ccc6-n6cnnn6)c[n+]([O-])c54)C3)cc2N1.